The van der Waals surface area contributed by atoms with E-state index in [1.807, 2.05) is 20.8 Å². The van der Waals surface area contributed by atoms with Crippen molar-refractivity contribution in [2.75, 3.05) is 19.8 Å². The van der Waals surface area contributed by atoms with Crippen molar-refractivity contribution >= 4 is 17.3 Å². The molecular formula is C24H29N7O5. The van der Waals surface area contributed by atoms with E-state index in [9.17, 15) is 9.90 Å². The molecule has 4 heterocycles. The smallest absolute Gasteiger partial charge is 0.253 e. The lowest BCUT2D eigenvalue weighted by Crippen LogP contribution is -2.35. The number of hydrogen-bond donors (Lipinski definition) is 4. The molecule has 36 heavy (non-hydrogen) atoms. The average molecular weight is 496 g/mol. The number of fused-ring (bicyclic) bond motifs is 1. The molecule has 1 aliphatic rings. The monoisotopic (exact) mass is 495 g/mol. The summed E-state index contributed by atoms with van der Waals surface area (Å²) in [6.45, 7) is 6.69. The molecule has 1 saturated heterocycles. The van der Waals surface area contributed by atoms with Gasteiger partial charge in [-0.1, -0.05) is 20.8 Å². The molecule has 12 nitrogen and oxygen atoms in total. The van der Waals surface area contributed by atoms with E-state index < -0.39 is 6.61 Å². The van der Waals surface area contributed by atoms with Gasteiger partial charge >= 0.3 is 0 Å². The third-order valence-electron chi connectivity index (χ3n) is 5.59. The Kier molecular flexibility index (Phi) is 7.27. The van der Waals surface area contributed by atoms with Crippen LogP contribution in [-0.2, 0) is 16.8 Å². The van der Waals surface area contributed by atoms with E-state index in [0.29, 0.717) is 36.0 Å². The summed E-state index contributed by atoms with van der Waals surface area (Å²) in [7, 11) is 0. The fraction of sp³-hybridized carbons (Fsp3) is 0.417. The number of nitrogens with zero attached hydrogens (tertiary/aromatic N) is 5. The topological polar surface area (TPSA) is 168 Å². The SMILES string of the molecule is CC(C)(C)c1cc2nnc(C(=N)/C=C(\O)CO)n2nc1OCc1ccc(C(=O)NC2CCOC2)cn1. The highest BCUT2D eigenvalue weighted by atomic mass is 16.5. The number of allylic oxidation sites excluding steroid dienone is 1. The van der Waals surface area contributed by atoms with Gasteiger partial charge in [0.1, 0.15) is 24.7 Å². The van der Waals surface area contributed by atoms with Gasteiger partial charge in [-0.05, 0) is 30.0 Å². The first-order valence-corrected chi connectivity index (χ1v) is 11.5. The zero-order valence-electron chi connectivity index (χ0n) is 20.4. The molecule has 1 unspecified atom stereocenters. The standard InChI is InChI=1S/C24H29N7O5/c1-24(2,3)18-9-20-28-29-21(19(25)8-17(33)11-32)31(20)30-23(18)36-13-15-5-4-14(10-26-15)22(34)27-16-6-7-35-12-16/h4-5,8-10,16,25,32-33H,6-7,11-13H2,1-3H3,(H,27,34)/b17-8-,25-19?. The predicted molar refractivity (Wildman–Crippen MR) is 129 cm³/mol. The first-order valence-electron chi connectivity index (χ1n) is 11.5. The van der Waals surface area contributed by atoms with E-state index in [2.05, 4.69) is 25.6 Å². The number of carbonyl (C=O) groups is 1. The van der Waals surface area contributed by atoms with Crippen LogP contribution in [0.5, 0.6) is 5.88 Å². The number of aliphatic hydroxyl groups excluding tert-OH is 2. The summed E-state index contributed by atoms with van der Waals surface area (Å²) in [5.74, 6) is -0.184. The zero-order chi connectivity index (χ0) is 25.9. The Morgan fingerprint density at radius 1 is 1.36 bits per heavy atom. The number of rotatable bonds is 8. The molecule has 1 atom stereocenters. The van der Waals surface area contributed by atoms with Crippen LogP contribution in [0.15, 0.2) is 36.2 Å². The van der Waals surface area contributed by atoms with Crippen LogP contribution in [0, 0.1) is 5.41 Å². The van der Waals surface area contributed by atoms with Gasteiger partial charge in [0.15, 0.2) is 5.65 Å². The third-order valence-corrected chi connectivity index (χ3v) is 5.59. The highest BCUT2D eigenvalue weighted by molar-refractivity contribution is 6.04. The summed E-state index contributed by atoms with van der Waals surface area (Å²) in [4.78, 5) is 16.8. The molecule has 0 bridgehead atoms. The van der Waals surface area contributed by atoms with Gasteiger partial charge in [-0.15, -0.1) is 15.3 Å². The molecule has 1 aliphatic heterocycles. The molecule has 12 heteroatoms. The van der Waals surface area contributed by atoms with Crippen molar-refractivity contribution in [3.05, 3.63) is 58.9 Å². The lowest BCUT2D eigenvalue weighted by Gasteiger charge is -2.21. The molecule has 1 fully saturated rings. The average Bonchev–Trinajstić information content (AvgIpc) is 3.51. The summed E-state index contributed by atoms with van der Waals surface area (Å²) < 4.78 is 12.7. The molecule has 3 aromatic heterocycles. The van der Waals surface area contributed by atoms with Gasteiger partial charge in [-0.2, -0.15) is 4.52 Å². The Morgan fingerprint density at radius 3 is 2.81 bits per heavy atom. The van der Waals surface area contributed by atoms with Crippen LogP contribution in [0.4, 0.5) is 0 Å². The van der Waals surface area contributed by atoms with Crippen molar-refractivity contribution < 1.29 is 24.5 Å². The maximum Gasteiger partial charge on any atom is 0.253 e. The van der Waals surface area contributed by atoms with Crippen molar-refractivity contribution in [3.63, 3.8) is 0 Å². The van der Waals surface area contributed by atoms with Gasteiger partial charge < -0.3 is 25.0 Å². The minimum Gasteiger partial charge on any atom is -0.510 e. The maximum atomic E-state index is 12.4. The summed E-state index contributed by atoms with van der Waals surface area (Å²) >= 11 is 0. The van der Waals surface area contributed by atoms with Crippen LogP contribution in [-0.4, -0.2) is 72.5 Å². The fourth-order valence-corrected chi connectivity index (χ4v) is 3.61. The summed E-state index contributed by atoms with van der Waals surface area (Å²) in [5.41, 5.74) is 1.74. The molecule has 3 aromatic rings. The van der Waals surface area contributed by atoms with E-state index in [-0.39, 0.29) is 41.3 Å². The van der Waals surface area contributed by atoms with Crippen molar-refractivity contribution in [2.24, 2.45) is 0 Å². The largest absolute Gasteiger partial charge is 0.510 e. The van der Waals surface area contributed by atoms with Gasteiger partial charge in [0.2, 0.25) is 11.7 Å². The number of nitrogens with one attached hydrogen (secondary N) is 2. The summed E-state index contributed by atoms with van der Waals surface area (Å²) in [6.07, 6.45) is 3.38. The number of hydrogen-bond acceptors (Lipinski definition) is 10. The van der Waals surface area contributed by atoms with E-state index in [0.717, 1.165) is 18.1 Å². The van der Waals surface area contributed by atoms with Crippen molar-refractivity contribution in [3.8, 4) is 5.88 Å². The highest BCUT2D eigenvalue weighted by Gasteiger charge is 2.24. The van der Waals surface area contributed by atoms with Crippen LogP contribution >= 0.6 is 0 Å². The van der Waals surface area contributed by atoms with Gasteiger partial charge in [-0.3, -0.25) is 15.2 Å². The molecule has 4 N–H and O–H groups in total. The van der Waals surface area contributed by atoms with E-state index >= 15 is 0 Å². The van der Waals surface area contributed by atoms with Crippen molar-refractivity contribution in [2.45, 2.75) is 45.3 Å². The van der Waals surface area contributed by atoms with Gasteiger partial charge in [0.05, 0.1) is 23.9 Å². The number of pyridine rings is 1. The normalized spacial score (nSPS) is 16.3. The molecule has 4 rings (SSSR count). The number of aromatic nitrogens is 5. The molecule has 0 saturated carbocycles. The maximum absolute atomic E-state index is 12.4. The number of carbonyl (C=O) groups excluding carboxylic acids is 1. The minimum atomic E-state index is -0.600. The first kappa shape index (κ1) is 25.2. The third kappa shape index (κ3) is 5.66. The summed E-state index contributed by atoms with van der Waals surface area (Å²) in [6, 6.07) is 5.22. The van der Waals surface area contributed by atoms with E-state index in [1.165, 1.54) is 10.7 Å². The second-order valence-corrected chi connectivity index (χ2v) is 9.48. The molecule has 190 valence electrons. The number of ether oxygens (including phenoxy) is 2. The van der Waals surface area contributed by atoms with Crippen LogP contribution in [0.1, 0.15) is 54.6 Å². The van der Waals surface area contributed by atoms with Gasteiger partial charge in [0.25, 0.3) is 5.91 Å². The Balaban J connectivity index is 1.55. The first-order chi connectivity index (χ1) is 17.2. The highest BCUT2D eigenvalue weighted by Crippen LogP contribution is 2.31. The Bertz CT molecular complexity index is 1290. The Hall–Kier alpha value is -3.90. The lowest BCUT2D eigenvalue weighted by atomic mass is 9.88. The predicted octanol–water partition coefficient (Wildman–Crippen LogP) is 1.72. The Labute approximate surface area is 207 Å². The van der Waals surface area contributed by atoms with Crippen molar-refractivity contribution in [1.29, 1.82) is 5.41 Å². The second-order valence-electron chi connectivity index (χ2n) is 9.48. The summed E-state index contributed by atoms with van der Waals surface area (Å²) in [5, 5.41) is 42.3. The molecule has 0 aromatic carbocycles. The molecule has 1 amide bonds. The van der Waals surface area contributed by atoms with Crippen LogP contribution in [0.2, 0.25) is 0 Å². The minimum absolute atomic E-state index is 0.0180. The van der Waals surface area contributed by atoms with Crippen LogP contribution in [0.3, 0.4) is 0 Å². The fourth-order valence-electron chi connectivity index (χ4n) is 3.61. The number of amides is 1. The van der Waals surface area contributed by atoms with E-state index in [4.69, 9.17) is 20.0 Å². The van der Waals surface area contributed by atoms with Gasteiger partial charge in [0, 0.05) is 24.4 Å². The number of aliphatic hydroxyl groups is 2. The molecule has 0 aliphatic carbocycles. The van der Waals surface area contributed by atoms with Crippen molar-refractivity contribution in [1.82, 2.24) is 30.1 Å². The van der Waals surface area contributed by atoms with E-state index in [1.54, 1.807) is 18.2 Å². The van der Waals surface area contributed by atoms with Gasteiger partial charge in [-0.25, -0.2) is 0 Å². The molecular weight excluding hydrogens is 466 g/mol. The van der Waals surface area contributed by atoms with Crippen LogP contribution in [0.25, 0.3) is 5.65 Å². The zero-order valence-corrected chi connectivity index (χ0v) is 20.4. The Morgan fingerprint density at radius 2 is 2.17 bits per heavy atom. The quantitative estimate of drug-likeness (QED) is 0.268. The second kappa shape index (κ2) is 10.4. The van der Waals surface area contributed by atoms with Crippen LogP contribution < -0.4 is 10.1 Å². The molecule has 0 spiro atoms. The molecule has 0 radical (unpaired) electrons. The lowest BCUT2D eigenvalue weighted by molar-refractivity contribution is 0.0929.